The predicted molar refractivity (Wildman–Crippen MR) is 85.0 cm³/mol. The van der Waals surface area contributed by atoms with E-state index in [1.165, 1.54) is 0 Å². The zero-order valence-electron chi connectivity index (χ0n) is 11.9. The minimum Gasteiger partial charge on any atom is -0.496 e. The molecule has 0 spiro atoms. The maximum atomic E-state index is 11.0. The van der Waals surface area contributed by atoms with Crippen LogP contribution in [0.1, 0.15) is 21.7 Å². The van der Waals surface area contributed by atoms with Crippen LogP contribution in [-0.4, -0.2) is 28.2 Å². The molecule has 0 bridgehead atoms. The molecule has 1 aromatic heterocycles. The van der Waals surface area contributed by atoms with Gasteiger partial charge in [0.15, 0.2) is 0 Å². The van der Waals surface area contributed by atoms with Crippen molar-refractivity contribution in [3.05, 3.63) is 59.4 Å². The van der Waals surface area contributed by atoms with Gasteiger partial charge in [0.2, 0.25) is 0 Å². The molecule has 0 aliphatic rings. The van der Waals surface area contributed by atoms with Crippen LogP contribution < -0.4 is 4.74 Å². The van der Waals surface area contributed by atoms with Crippen LogP contribution in [0.3, 0.4) is 0 Å². The van der Waals surface area contributed by atoms with E-state index >= 15 is 0 Å². The van der Waals surface area contributed by atoms with Gasteiger partial charge in [-0.05, 0) is 36.4 Å². The van der Waals surface area contributed by atoms with Gasteiger partial charge in [-0.1, -0.05) is 18.2 Å². The number of H-pyrrole nitrogens is 1. The Kier molecular flexibility index (Phi) is 3.62. The Bertz CT molecular complexity index is 865. The van der Waals surface area contributed by atoms with E-state index < -0.39 is 5.97 Å². The van der Waals surface area contributed by atoms with Crippen LogP contribution in [0, 0.1) is 0 Å². The molecule has 3 rings (SSSR count). The fourth-order valence-electron chi connectivity index (χ4n) is 2.21. The van der Waals surface area contributed by atoms with Crippen LogP contribution in [0.4, 0.5) is 0 Å². The van der Waals surface area contributed by atoms with Crippen LogP contribution in [0.2, 0.25) is 0 Å². The molecule has 0 atom stereocenters. The largest absolute Gasteiger partial charge is 0.496 e. The summed E-state index contributed by atoms with van der Waals surface area (Å²) in [6.45, 7) is 0. The van der Waals surface area contributed by atoms with Crippen LogP contribution >= 0.6 is 0 Å². The summed E-state index contributed by atoms with van der Waals surface area (Å²) < 4.78 is 5.29. The molecule has 0 amide bonds. The summed E-state index contributed by atoms with van der Waals surface area (Å²) in [6.07, 6.45) is 3.73. The van der Waals surface area contributed by atoms with Gasteiger partial charge in [0.05, 0.1) is 23.7 Å². The number of nitrogens with zero attached hydrogens (tertiary/aromatic N) is 1. The van der Waals surface area contributed by atoms with Gasteiger partial charge < -0.3 is 14.8 Å². The Morgan fingerprint density at radius 1 is 1.23 bits per heavy atom. The number of benzene rings is 2. The summed E-state index contributed by atoms with van der Waals surface area (Å²) in [6, 6.07) is 12.5. The predicted octanol–water partition coefficient (Wildman–Crippen LogP) is 3.44. The Hall–Kier alpha value is -3.08. The minimum atomic E-state index is -0.956. The number of methoxy groups -OCH3 is 1. The summed E-state index contributed by atoms with van der Waals surface area (Å²) >= 11 is 0. The first-order valence-corrected chi connectivity index (χ1v) is 6.71. The average molecular weight is 294 g/mol. The van der Waals surface area contributed by atoms with E-state index in [4.69, 9.17) is 9.84 Å². The molecule has 0 saturated carbocycles. The molecular weight excluding hydrogens is 280 g/mol. The van der Waals surface area contributed by atoms with E-state index in [0.717, 1.165) is 16.8 Å². The topological polar surface area (TPSA) is 75.2 Å². The van der Waals surface area contributed by atoms with E-state index in [-0.39, 0.29) is 5.56 Å². The van der Waals surface area contributed by atoms with Gasteiger partial charge in [-0.3, -0.25) is 0 Å². The number of hydrogen-bond donors (Lipinski definition) is 2. The molecule has 22 heavy (non-hydrogen) atoms. The number of carboxylic acids is 1. The third-order valence-corrected chi connectivity index (χ3v) is 3.31. The summed E-state index contributed by atoms with van der Waals surface area (Å²) in [5.41, 5.74) is 2.59. The van der Waals surface area contributed by atoms with E-state index in [2.05, 4.69) is 9.97 Å². The van der Waals surface area contributed by atoms with Gasteiger partial charge >= 0.3 is 5.97 Å². The molecule has 0 fully saturated rings. The van der Waals surface area contributed by atoms with Gasteiger partial charge in [0, 0.05) is 5.56 Å². The zero-order valence-corrected chi connectivity index (χ0v) is 11.9. The first-order valence-electron chi connectivity index (χ1n) is 6.71. The summed E-state index contributed by atoms with van der Waals surface area (Å²) in [5.74, 6) is 0.481. The van der Waals surface area contributed by atoms with Crippen molar-refractivity contribution in [1.82, 2.24) is 9.97 Å². The van der Waals surface area contributed by atoms with E-state index in [9.17, 15) is 4.79 Å². The first kappa shape index (κ1) is 13.9. The minimum absolute atomic E-state index is 0.233. The standard InChI is InChI=1S/C17H14N2O3/c1-22-15-5-3-2-4-11(15)7-9-16-18-13-8-6-12(17(20)21)10-14(13)19-16/h2-10H,1H3,(H,18,19)(H,20,21)/b9-7+. The Balaban J connectivity index is 1.93. The SMILES string of the molecule is COc1ccccc1/C=C/c1nc2ccc(C(=O)O)cc2[nH]1. The second-order valence-electron chi connectivity index (χ2n) is 4.73. The number of imidazole rings is 1. The molecule has 0 aliphatic carbocycles. The number of aromatic nitrogens is 2. The molecule has 0 radical (unpaired) electrons. The normalized spacial score (nSPS) is 11.1. The Morgan fingerprint density at radius 2 is 2.05 bits per heavy atom. The average Bonchev–Trinajstić information content (AvgIpc) is 2.95. The van der Waals surface area contributed by atoms with Crippen molar-refractivity contribution in [3.63, 3.8) is 0 Å². The summed E-state index contributed by atoms with van der Waals surface area (Å²) in [5, 5.41) is 9.00. The van der Waals surface area contributed by atoms with Gasteiger partial charge in [-0.25, -0.2) is 9.78 Å². The fraction of sp³-hybridized carbons (Fsp3) is 0.0588. The molecule has 2 N–H and O–H groups in total. The van der Waals surface area contributed by atoms with Gasteiger partial charge in [0.25, 0.3) is 0 Å². The van der Waals surface area contributed by atoms with Crippen molar-refractivity contribution >= 4 is 29.2 Å². The van der Waals surface area contributed by atoms with Crippen molar-refractivity contribution in [2.45, 2.75) is 0 Å². The molecule has 110 valence electrons. The number of rotatable bonds is 4. The number of carboxylic acid groups (broad SMARTS) is 1. The van der Waals surface area contributed by atoms with Crippen molar-refractivity contribution in [2.24, 2.45) is 0 Å². The molecule has 5 heteroatoms. The lowest BCUT2D eigenvalue weighted by Gasteiger charge is -2.02. The second-order valence-corrected chi connectivity index (χ2v) is 4.73. The van der Waals surface area contributed by atoms with E-state index in [1.807, 2.05) is 36.4 Å². The Labute approximate surface area is 126 Å². The van der Waals surface area contributed by atoms with Crippen LogP contribution in [0.25, 0.3) is 23.2 Å². The molecule has 2 aromatic carbocycles. The highest BCUT2D eigenvalue weighted by Gasteiger charge is 2.06. The van der Waals surface area contributed by atoms with E-state index in [0.29, 0.717) is 11.3 Å². The lowest BCUT2D eigenvalue weighted by molar-refractivity contribution is 0.0697. The highest BCUT2D eigenvalue weighted by atomic mass is 16.5. The van der Waals surface area contributed by atoms with Crippen LogP contribution in [0.15, 0.2) is 42.5 Å². The molecule has 0 aliphatic heterocycles. The summed E-state index contributed by atoms with van der Waals surface area (Å²) in [7, 11) is 1.63. The van der Waals surface area contributed by atoms with Crippen molar-refractivity contribution in [1.29, 1.82) is 0 Å². The van der Waals surface area contributed by atoms with Gasteiger partial charge in [-0.2, -0.15) is 0 Å². The van der Waals surface area contributed by atoms with E-state index in [1.54, 1.807) is 25.3 Å². The monoisotopic (exact) mass is 294 g/mol. The lowest BCUT2D eigenvalue weighted by atomic mass is 10.2. The number of aromatic amines is 1. The highest BCUT2D eigenvalue weighted by Crippen LogP contribution is 2.20. The van der Waals surface area contributed by atoms with Crippen LogP contribution in [0.5, 0.6) is 5.75 Å². The molecule has 3 aromatic rings. The number of carbonyl (C=O) groups is 1. The van der Waals surface area contributed by atoms with Crippen molar-refractivity contribution < 1.29 is 14.6 Å². The van der Waals surface area contributed by atoms with Crippen molar-refractivity contribution in [3.8, 4) is 5.75 Å². The van der Waals surface area contributed by atoms with Crippen LogP contribution in [-0.2, 0) is 0 Å². The van der Waals surface area contributed by atoms with Gasteiger partial charge in [-0.15, -0.1) is 0 Å². The molecule has 5 nitrogen and oxygen atoms in total. The number of fused-ring (bicyclic) bond motifs is 1. The molecule has 1 heterocycles. The summed E-state index contributed by atoms with van der Waals surface area (Å²) in [4.78, 5) is 18.5. The van der Waals surface area contributed by atoms with Gasteiger partial charge in [0.1, 0.15) is 11.6 Å². The Morgan fingerprint density at radius 3 is 2.82 bits per heavy atom. The number of nitrogens with one attached hydrogen (secondary N) is 1. The molecular formula is C17H14N2O3. The maximum Gasteiger partial charge on any atom is 0.335 e. The number of ether oxygens (including phenoxy) is 1. The maximum absolute atomic E-state index is 11.0. The van der Waals surface area contributed by atoms with Crippen molar-refractivity contribution in [2.75, 3.05) is 7.11 Å². The number of hydrogen-bond acceptors (Lipinski definition) is 3. The third kappa shape index (κ3) is 2.69. The lowest BCUT2D eigenvalue weighted by Crippen LogP contribution is -1.94. The first-order chi connectivity index (χ1) is 10.7. The second kappa shape index (κ2) is 5.73. The zero-order chi connectivity index (χ0) is 15.5. The smallest absolute Gasteiger partial charge is 0.335 e. The fourth-order valence-corrected chi connectivity index (χ4v) is 2.21. The quantitative estimate of drug-likeness (QED) is 0.773. The number of aromatic carboxylic acids is 1. The highest BCUT2D eigenvalue weighted by molar-refractivity contribution is 5.92. The number of para-hydroxylation sites is 1. The molecule has 0 unspecified atom stereocenters. The molecule has 0 saturated heterocycles. The third-order valence-electron chi connectivity index (χ3n) is 3.31.